The predicted octanol–water partition coefficient (Wildman–Crippen LogP) is 1.20. The van der Waals surface area contributed by atoms with Crippen LogP contribution in [0.3, 0.4) is 0 Å². The van der Waals surface area contributed by atoms with Crippen molar-refractivity contribution in [3.05, 3.63) is 31.2 Å². The van der Waals surface area contributed by atoms with Crippen LogP contribution in [0.5, 0.6) is 0 Å². The van der Waals surface area contributed by atoms with Gasteiger partial charge in [0.25, 0.3) is 0 Å². The number of pyridine rings is 1. The lowest BCUT2D eigenvalue weighted by Gasteiger charge is -2.27. The minimum absolute atomic E-state index is 0.0762. The summed E-state index contributed by atoms with van der Waals surface area (Å²) >= 11 is 10.5. The van der Waals surface area contributed by atoms with Crippen molar-refractivity contribution < 1.29 is 46.3 Å². The third-order valence-corrected chi connectivity index (χ3v) is 10.7. The van der Waals surface area contributed by atoms with Gasteiger partial charge in [-0.1, -0.05) is 0 Å². The van der Waals surface area contributed by atoms with Gasteiger partial charge in [-0.25, -0.2) is 33.7 Å². The van der Waals surface area contributed by atoms with Crippen molar-refractivity contribution in [2.75, 3.05) is 31.0 Å². The SMILES string of the molecule is Nc1ncnc2c1ncn2[C@@H]1O[C@@H]2COP(O)(=S)O[C@@H]3[C@H](F)[C@@H](COP(O)(=S)CO[C@H]2[C@H]1F)O[C@H]3n1cnc2c(N)ccnc21. The number of hydrogen-bond acceptors (Lipinski definition) is 15. The number of nitrogens with two attached hydrogens (primary N) is 2. The molecule has 4 aromatic rings. The summed E-state index contributed by atoms with van der Waals surface area (Å²) < 4.78 is 68.9. The molecule has 0 spiro atoms. The van der Waals surface area contributed by atoms with E-state index in [0.29, 0.717) is 11.2 Å². The van der Waals surface area contributed by atoms with Gasteiger partial charge < -0.3 is 44.5 Å². The highest BCUT2D eigenvalue weighted by Gasteiger charge is 2.52. The van der Waals surface area contributed by atoms with Gasteiger partial charge in [0, 0.05) is 6.20 Å². The van der Waals surface area contributed by atoms with E-state index in [1.165, 1.54) is 34.3 Å². The zero-order chi connectivity index (χ0) is 31.7. The molecule has 7 rings (SSSR count). The average Bonchev–Trinajstić information content (AvgIpc) is 3.75. The van der Waals surface area contributed by atoms with Crippen molar-refractivity contribution in [3.63, 3.8) is 0 Å². The normalized spacial score (nSPS) is 38.0. The monoisotopic (exact) mass is 707 g/mol. The maximum atomic E-state index is 16.0. The first-order chi connectivity index (χ1) is 21.4. The summed E-state index contributed by atoms with van der Waals surface area (Å²) in [6.07, 6.45) is -7.42. The maximum absolute atomic E-state index is 16.0. The second-order valence-electron chi connectivity index (χ2n) is 10.4. The third-order valence-electron chi connectivity index (χ3n) is 7.49. The smallest absolute Gasteiger partial charge is 0.325 e. The van der Waals surface area contributed by atoms with Crippen LogP contribution in [-0.4, -0.2) is 100 Å². The lowest BCUT2D eigenvalue weighted by molar-refractivity contribution is -0.0570. The van der Waals surface area contributed by atoms with Gasteiger partial charge in [-0.05, 0) is 29.7 Å². The molecule has 3 fully saturated rings. The van der Waals surface area contributed by atoms with Crippen molar-refractivity contribution in [1.82, 2.24) is 34.1 Å². The molecular formula is C22H25F2N9O8P2S2. The van der Waals surface area contributed by atoms with Gasteiger partial charge in [0.05, 0.1) is 31.6 Å². The number of imidazole rings is 2. The highest BCUT2D eigenvalue weighted by Crippen LogP contribution is 2.53. The van der Waals surface area contributed by atoms with Gasteiger partial charge in [-0.2, -0.15) is 0 Å². The van der Waals surface area contributed by atoms with Crippen LogP contribution < -0.4 is 11.5 Å². The Kier molecular flexibility index (Phi) is 8.11. The van der Waals surface area contributed by atoms with Gasteiger partial charge in [-0.15, -0.1) is 0 Å². The number of fused-ring (bicyclic) bond motifs is 5. The average molecular weight is 708 g/mol. The summed E-state index contributed by atoms with van der Waals surface area (Å²) in [5.41, 5.74) is 13.2. The molecule has 3 saturated heterocycles. The second kappa shape index (κ2) is 11.7. The zero-order valence-electron chi connectivity index (χ0n) is 22.7. The Morgan fingerprint density at radius 2 is 1.53 bits per heavy atom. The number of ether oxygens (including phenoxy) is 3. The predicted molar refractivity (Wildman–Crippen MR) is 159 cm³/mol. The number of alkyl halides is 2. The molecule has 17 nitrogen and oxygen atoms in total. The summed E-state index contributed by atoms with van der Waals surface area (Å²) in [6, 6.07) is 1.54. The summed E-state index contributed by atoms with van der Waals surface area (Å²) in [4.78, 5) is 42.6. The summed E-state index contributed by atoms with van der Waals surface area (Å²) in [7, 11) is 0. The standard InChI is InChI=1S/C22H25F2N9O8P2S2/c23-12-10-3-37-42(34,44)8-36-16-11(40-21(13(16)24)32-7-31-15-18(26)28-5-29-20(15)32)4-38-43(35,45)41-17(12)22(39-10)33-6-30-14-9(25)1-2-27-19(14)33/h1-2,5-7,10-13,16-17,21-22H,3-4,8H2,(H2,25,27)(H,34,44)(H,35,45)(H2,26,28,29)/t10-,11-,12-,13-,16-,17-,21-,22-,42?,43?/m1/s1. The van der Waals surface area contributed by atoms with Crippen LogP contribution in [0.1, 0.15) is 12.5 Å². The molecule has 242 valence electrons. The Labute approximate surface area is 262 Å². The van der Waals surface area contributed by atoms with Crippen LogP contribution in [-0.2, 0) is 51.4 Å². The quantitative estimate of drug-likeness (QED) is 0.215. The van der Waals surface area contributed by atoms with E-state index >= 15 is 8.78 Å². The zero-order valence-corrected chi connectivity index (χ0v) is 26.1. The molecule has 0 saturated carbocycles. The Hall–Kier alpha value is -2.39. The fraction of sp³-hybridized carbons (Fsp3) is 0.500. The molecule has 3 aliphatic heterocycles. The Morgan fingerprint density at radius 1 is 0.844 bits per heavy atom. The van der Waals surface area contributed by atoms with Crippen molar-refractivity contribution >= 4 is 70.7 Å². The number of hydrogen-bond donors (Lipinski definition) is 4. The summed E-state index contributed by atoms with van der Waals surface area (Å²) in [5.74, 6) is 0.0762. The van der Waals surface area contributed by atoms with Crippen LogP contribution in [0.2, 0.25) is 0 Å². The number of anilines is 2. The van der Waals surface area contributed by atoms with Crippen molar-refractivity contribution in [3.8, 4) is 0 Å². The highest BCUT2D eigenvalue weighted by molar-refractivity contribution is 8.09. The lowest BCUT2D eigenvalue weighted by Crippen LogP contribution is -2.36. The molecule has 0 radical (unpaired) electrons. The van der Waals surface area contributed by atoms with E-state index in [0.717, 1.165) is 0 Å². The Balaban J connectivity index is 1.19. The lowest BCUT2D eigenvalue weighted by atomic mass is 10.1. The Morgan fingerprint density at radius 3 is 2.33 bits per heavy atom. The second-order valence-corrected chi connectivity index (χ2v) is 16.6. The third kappa shape index (κ3) is 5.74. The van der Waals surface area contributed by atoms with E-state index < -0.39 is 82.0 Å². The minimum atomic E-state index is -4.26. The van der Waals surface area contributed by atoms with Crippen LogP contribution in [0.4, 0.5) is 20.3 Å². The van der Waals surface area contributed by atoms with Gasteiger partial charge in [-0.3, -0.25) is 13.7 Å². The summed E-state index contributed by atoms with van der Waals surface area (Å²) in [6.45, 7) is -9.14. The van der Waals surface area contributed by atoms with E-state index in [2.05, 4.69) is 24.9 Å². The van der Waals surface area contributed by atoms with Gasteiger partial charge in [0.1, 0.15) is 48.1 Å². The van der Waals surface area contributed by atoms with E-state index in [9.17, 15) is 9.79 Å². The van der Waals surface area contributed by atoms with Gasteiger partial charge in [0.15, 0.2) is 41.9 Å². The Bertz CT molecular complexity index is 1860. The fourth-order valence-corrected chi connectivity index (χ4v) is 7.96. The van der Waals surface area contributed by atoms with E-state index in [-0.39, 0.29) is 22.6 Å². The van der Waals surface area contributed by atoms with Crippen LogP contribution in [0, 0.1) is 0 Å². The van der Waals surface area contributed by atoms with Crippen molar-refractivity contribution in [1.29, 1.82) is 0 Å². The van der Waals surface area contributed by atoms with Gasteiger partial charge >= 0.3 is 6.72 Å². The number of aromatic nitrogens is 7. The molecule has 0 aromatic carbocycles. The summed E-state index contributed by atoms with van der Waals surface area (Å²) in [5, 5.41) is 0. The molecule has 7 heterocycles. The van der Waals surface area contributed by atoms with Crippen LogP contribution in [0.15, 0.2) is 31.2 Å². The maximum Gasteiger partial charge on any atom is 0.325 e. The first-order valence-electron chi connectivity index (χ1n) is 13.3. The molecule has 6 N–H and O–H groups in total. The van der Waals surface area contributed by atoms with Crippen LogP contribution >= 0.6 is 13.2 Å². The molecule has 2 bridgehead atoms. The van der Waals surface area contributed by atoms with Gasteiger partial charge in [0.2, 0.25) is 6.49 Å². The molecule has 2 unspecified atom stereocenters. The van der Waals surface area contributed by atoms with Crippen LogP contribution in [0.25, 0.3) is 22.3 Å². The molecule has 10 atom stereocenters. The molecule has 45 heavy (non-hydrogen) atoms. The van der Waals surface area contributed by atoms with E-state index in [1.807, 2.05) is 0 Å². The fourth-order valence-electron chi connectivity index (χ4n) is 5.37. The largest absolute Gasteiger partial charge is 0.397 e. The molecule has 3 aliphatic rings. The van der Waals surface area contributed by atoms with Crippen molar-refractivity contribution in [2.24, 2.45) is 0 Å². The number of rotatable bonds is 2. The first kappa shape index (κ1) is 31.2. The first-order valence-corrected chi connectivity index (χ1v) is 18.7. The number of nitrogen functional groups attached to an aromatic ring is 2. The highest BCUT2D eigenvalue weighted by atomic mass is 32.5. The minimum Gasteiger partial charge on any atom is -0.397 e. The topological polar surface area (TPSA) is 222 Å². The van der Waals surface area contributed by atoms with E-state index in [1.54, 1.807) is 6.07 Å². The number of nitrogens with zero attached hydrogens (tertiary/aromatic N) is 7. The van der Waals surface area contributed by atoms with Crippen molar-refractivity contribution in [2.45, 2.75) is 49.2 Å². The molecule has 23 heteroatoms. The molecule has 0 amide bonds. The molecule has 0 aliphatic carbocycles. The van der Waals surface area contributed by atoms with E-state index in [4.69, 9.17) is 62.9 Å². The number of halogens is 2. The molecule has 4 aromatic heterocycles. The molecular weight excluding hydrogens is 682 g/mol.